The van der Waals surface area contributed by atoms with Gasteiger partial charge < -0.3 is 5.32 Å². The summed E-state index contributed by atoms with van der Waals surface area (Å²) in [5.74, 6) is 0. The average Bonchev–Trinajstić information content (AvgIpc) is 2.24. The van der Waals surface area contributed by atoms with Crippen LogP contribution in [0.25, 0.3) is 0 Å². The fourth-order valence-electron chi connectivity index (χ4n) is 1.69. The zero-order valence-corrected chi connectivity index (χ0v) is 10.6. The van der Waals surface area contributed by atoms with Crippen molar-refractivity contribution in [2.24, 2.45) is 0 Å². The van der Waals surface area contributed by atoms with Crippen LogP contribution in [0, 0.1) is 6.92 Å². The van der Waals surface area contributed by atoms with Crippen LogP contribution in [0.2, 0.25) is 5.02 Å². The fraction of sp³-hybridized carbons (Fsp3) is 0.538. The van der Waals surface area contributed by atoms with Crippen molar-refractivity contribution in [2.75, 3.05) is 7.05 Å². The Morgan fingerprint density at radius 1 is 1.40 bits per heavy atom. The van der Waals surface area contributed by atoms with Gasteiger partial charge in [0.25, 0.3) is 0 Å². The normalized spacial score (nSPS) is 12.8. The lowest BCUT2D eigenvalue weighted by molar-refractivity contribution is 0.509. The van der Waals surface area contributed by atoms with Gasteiger partial charge in [0.15, 0.2) is 0 Å². The summed E-state index contributed by atoms with van der Waals surface area (Å²) >= 11 is 6.08. The third kappa shape index (κ3) is 3.84. The first-order valence-corrected chi connectivity index (χ1v) is 5.97. The summed E-state index contributed by atoms with van der Waals surface area (Å²) in [5.41, 5.74) is 2.49. The SMILES string of the molecule is CCC(CCc1ccc(C)c(Cl)c1)NC. The van der Waals surface area contributed by atoms with Crippen molar-refractivity contribution in [3.63, 3.8) is 0 Å². The van der Waals surface area contributed by atoms with Crippen LogP contribution in [0.3, 0.4) is 0 Å². The van der Waals surface area contributed by atoms with E-state index in [0.717, 1.165) is 17.0 Å². The first kappa shape index (κ1) is 12.5. The maximum absolute atomic E-state index is 6.08. The second-order valence-corrected chi connectivity index (χ2v) is 4.42. The quantitative estimate of drug-likeness (QED) is 0.808. The zero-order chi connectivity index (χ0) is 11.3. The molecule has 0 heterocycles. The molecule has 1 unspecified atom stereocenters. The molecule has 0 radical (unpaired) electrons. The van der Waals surface area contributed by atoms with E-state index in [-0.39, 0.29) is 0 Å². The first-order chi connectivity index (χ1) is 7.17. The highest BCUT2D eigenvalue weighted by Gasteiger charge is 2.04. The first-order valence-electron chi connectivity index (χ1n) is 5.59. The molecule has 0 saturated carbocycles. The standard InChI is InChI=1S/C13H20ClN/c1-4-12(15-3)8-7-11-6-5-10(2)13(14)9-11/h5-6,9,12,15H,4,7-8H2,1-3H3. The molecular weight excluding hydrogens is 206 g/mol. The molecule has 0 saturated heterocycles. The molecule has 1 aromatic carbocycles. The van der Waals surface area contributed by atoms with Crippen molar-refractivity contribution < 1.29 is 0 Å². The maximum atomic E-state index is 6.08. The van der Waals surface area contributed by atoms with E-state index in [9.17, 15) is 0 Å². The van der Waals surface area contributed by atoms with Crippen molar-refractivity contribution in [2.45, 2.75) is 39.2 Å². The van der Waals surface area contributed by atoms with Gasteiger partial charge >= 0.3 is 0 Å². The molecule has 1 nitrogen and oxygen atoms in total. The molecule has 1 aromatic rings. The summed E-state index contributed by atoms with van der Waals surface area (Å²) in [6, 6.07) is 6.96. The van der Waals surface area contributed by atoms with Gasteiger partial charge in [0, 0.05) is 11.1 Å². The van der Waals surface area contributed by atoms with Gasteiger partial charge in [0.2, 0.25) is 0 Å². The van der Waals surface area contributed by atoms with E-state index in [1.165, 1.54) is 18.4 Å². The van der Waals surface area contributed by atoms with Gasteiger partial charge in [-0.05, 0) is 50.4 Å². The van der Waals surface area contributed by atoms with Crippen LogP contribution in [0.5, 0.6) is 0 Å². The lowest BCUT2D eigenvalue weighted by atomic mass is 10.0. The molecule has 0 aliphatic heterocycles. The molecule has 0 amide bonds. The van der Waals surface area contributed by atoms with E-state index in [1.54, 1.807) is 0 Å². The van der Waals surface area contributed by atoms with Crippen LogP contribution >= 0.6 is 11.6 Å². The van der Waals surface area contributed by atoms with Crippen LogP contribution in [0.4, 0.5) is 0 Å². The van der Waals surface area contributed by atoms with Crippen molar-refractivity contribution in [1.82, 2.24) is 5.32 Å². The van der Waals surface area contributed by atoms with E-state index in [0.29, 0.717) is 6.04 Å². The topological polar surface area (TPSA) is 12.0 Å². The Hall–Kier alpha value is -0.530. The minimum Gasteiger partial charge on any atom is -0.317 e. The van der Waals surface area contributed by atoms with E-state index in [2.05, 4.69) is 30.4 Å². The van der Waals surface area contributed by atoms with Crippen molar-refractivity contribution in [1.29, 1.82) is 0 Å². The molecular formula is C13H20ClN. The lowest BCUT2D eigenvalue weighted by Crippen LogP contribution is -2.24. The zero-order valence-electron chi connectivity index (χ0n) is 9.81. The largest absolute Gasteiger partial charge is 0.317 e. The minimum absolute atomic E-state index is 0.616. The number of nitrogens with one attached hydrogen (secondary N) is 1. The molecule has 0 fully saturated rings. The van der Waals surface area contributed by atoms with E-state index in [4.69, 9.17) is 11.6 Å². The van der Waals surface area contributed by atoms with Crippen LogP contribution in [0.15, 0.2) is 18.2 Å². The Morgan fingerprint density at radius 2 is 2.13 bits per heavy atom. The highest BCUT2D eigenvalue weighted by molar-refractivity contribution is 6.31. The van der Waals surface area contributed by atoms with Crippen molar-refractivity contribution in [3.8, 4) is 0 Å². The summed E-state index contributed by atoms with van der Waals surface area (Å²) in [6.45, 7) is 4.25. The van der Waals surface area contributed by atoms with Gasteiger partial charge in [-0.2, -0.15) is 0 Å². The van der Waals surface area contributed by atoms with Crippen molar-refractivity contribution >= 4 is 11.6 Å². The van der Waals surface area contributed by atoms with E-state index >= 15 is 0 Å². The van der Waals surface area contributed by atoms with Crippen LogP contribution < -0.4 is 5.32 Å². The average molecular weight is 226 g/mol. The summed E-state index contributed by atoms with van der Waals surface area (Å²) in [7, 11) is 2.02. The molecule has 0 aromatic heterocycles. The number of halogens is 1. The highest BCUT2D eigenvalue weighted by atomic mass is 35.5. The Kier molecular flexibility index (Phi) is 5.13. The van der Waals surface area contributed by atoms with E-state index < -0.39 is 0 Å². The van der Waals surface area contributed by atoms with Crippen LogP contribution in [-0.2, 0) is 6.42 Å². The summed E-state index contributed by atoms with van der Waals surface area (Å²) < 4.78 is 0. The molecule has 1 rings (SSSR count). The Balaban J connectivity index is 2.54. The van der Waals surface area contributed by atoms with Crippen molar-refractivity contribution in [3.05, 3.63) is 34.3 Å². The Bertz CT molecular complexity index is 305. The highest BCUT2D eigenvalue weighted by Crippen LogP contribution is 2.18. The Morgan fingerprint density at radius 3 is 2.67 bits per heavy atom. The lowest BCUT2D eigenvalue weighted by Gasteiger charge is -2.13. The molecule has 2 heteroatoms. The third-order valence-corrected chi connectivity index (χ3v) is 3.33. The fourth-order valence-corrected chi connectivity index (χ4v) is 1.89. The number of hydrogen-bond donors (Lipinski definition) is 1. The number of aryl methyl sites for hydroxylation is 2. The third-order valence-electron chi connectivity index (χ3n) is 2.92. The molecule has 0 bridgehead atoms. The van der Waals surface area contributed by atoms with Crippen LogP contribution in [-0.4, -0.2) is 13.1 Å². The minimum atomic E-state index is 0.616. The molecule has 1 N–H and O–H groups in total. The molecule has 1 atom stereocenters. The van der Waals surface area contributed by atoms with E-state index in [1.807, 2.05) is 14.0 Å². The second kappa shape index (κ2) is 6.14. The van der Waals surface area contributed by atoms with Gasteiger partial charge in [-0.25, -0.2) is 0 Å². The van der Waals surface area contributed by atoms with Gasteiger partial charge in [0.05, 0.1) is 0 Å². The smallest absolute Gasteiger partial charge is 0.0437 e. The predicted molar refractivity (Wildman–Crippen MR) is 67.6 cm³/mol. The molecule has 84 valence electrons. The number of rotatable bonds is 5. The summed E-state index contributed by atoms with van der Waals surface area (Å²) in [5, 5.41) is 4.19. The molecule has 0 aliphatic carbocycles. The predicted octanol–water partition coefficient (Wildman–Crippen LogP) is 3.58. The summed E-state index contributed by atoms with van der Waals surface area (Å²) in [4.78, 5) is 0. The molecule has 0 aliphatic rings. The molecule has 15 heavy (non-hydrogen) atoms. The summed E-state index contributed by atoms with van der Waals surface area (Å²) in [6.07, 6.45) is 3.45. The monoisotopic (exact) mass is 225 g/mol. The maximum Gasteiger partial charge on any atom is 0.0437 e. The second-order valence-electron chi connectivity index (χ2n) is 4.02. The molecule has 0 spiro atoms. The van der Waals surface area contributed by atoms with Gasteiger partial charge in [-0.15, -0.1) is 0 Å². The van der Waals surface area contributed by atoms with Gasteiger partial charge in [-0.1, -0.05) is 30.7 Å². The van der Waals surface area contributed by atoms with Gasteiger partial charge in [-0.3, -0.25) is 0 Å². The number of hydrogen-bond acceptors (Lipinski definition) is 1. The number of benzene rings is 1. The van der Waals surface area contributed by atoms with Crippen LogP contribution in [0.1, 0.15) is 30.9 Å². The van der Waals surface area contributed by atoms with Gasteiger partial charge in [0.1, 0.15) is 0 Å². The Labute approximate surface area is 97.8 Å².